The van der Waals surface area contributed by atoms with Gasteiger partial charge in [0.05, 0.1) is 6.20 Å². The number of H-pyrrole nitrogens is 1. The summed E-state index contributed by atoms with van der Waals surface area (Å²) in [4.78, 5) is 22.9. The summed E-state index contributed by atoms with van der Waals surface area (Å²) in [5, 5.41) is 0. The van der Waals surface area contributed by atoms with E-state index in [-0.39, 0.29) is 5.82 Å². The van der Waals surface area contributed by atoms with Gasteiger partial charge < -0.3 is 9.72 Å². The molecular weight excluding hydrogens is 449 g/mol. The van der Waals surface area contributed by atoms with Gasteiger partial charge in [-0.1, -0.05) is 6.92 Å². The van der Waals surface area contributed by atoms with E-state index in [9.17, 15) is 26.7 Å². The van der Waals surface area contributed by atoms with Crippen LogP contribution in [0.5, 0.6) is 5.75 Å². The Morgan fingerprint density at radius 1 is 1.23 bits per heavy atom. The van der Waals surface area contributed by atoms with E-state index in [1.807, 2.05) is 6.92 Å². The van der Waals surface area contributed by atoms with E-state index in [1.54, 1.807) is 6.07 Å². The number of thioether (sulfide) groups is 1. The van der Waals surface area contributed by atoms with E-state index in [0.29, 0.717) is 20.8 Å². The molecule has 2 aromatic rings. The van der Waals surface area contributed by atoms with Crippen LogP contribution in [-0.4, -0.2) is 39.4 Å². The van der Waals surface area contributed by atoms with E-state index < -0.39 is 30.0 Å². The maximum Gasteiger partial charge on any atom is 0.456 e. The fraction of sp³-hybridized carbons (Fsp3) is 0.357. The van der Waals surface area contributed by atoms with Crippen molar-refractivity contribution in [1.29, 1.82) is 0 Å². The molecule has 2 aromatic heterocycles. The Bertz CT molecular complexity index is 844. The minimum atomic E-state index is -5.78. The number of aromatic amines is 1. The third-order valence-electron chi connectivity index (χ3n) is 2.93. The SMILES string of the molecule is CCSc1cc(Br)cnc1-c1ncc(OCC(F)(F)C(F)(F)F)c(=O)[nH]1. The molecule has 26 heavy (non-hydrogen) atoms. The maximum absolute atomic E-state index is 12.9. The van der Waals surface area contributed by atoms with E-state index in [4.69, 9.17) is 0 Å². The van der Waals surface area contributed by atoms with Gasteiger partial charge in [-0.2, -0.15) is 22.0 Å². The Morgan fingerprint density at radius 2 is 1.92 bits per heavy atom. The van der Waals surface area contributed by atoms with E-state index in [1.165, 1.54) is 18.0 Å². The largest absolute Gasteiger partial charge is 0.480 e. The lowest BCUT2D eigenvalue weighted by molar-refractivity contribution is -0.290. The molecule has 0 saturated heterocycles. The van der Waals surface area contributed by atoms with Crippen LogP contribution in [0.4, 0.5) is 22.0 Å². The van der Waals surface area contributed by atoms with Gasteiger partial charge >= 0.3 is 12.1 Å². The van der Waals surface area contributed by atoms with E-state index in [2.05, 4.69) is 35.6 Å². The van der Waals surface area contributed by atoms with Gasteiger partial charge in [0, 0.05) is 15.6 Å². The molecule has 0 spiro atoms. The molecule has 0 aliphatic rings. The molecule has 0 aromatic carbocycles. The molecule has 2 rings (SSSR count). The highest BCUT2D eigenvalue weighted by Crippen LogP contribution is 2.35. The summed E-state index contributed by atoms with van der Waals surface area (Å²) in [7, 11) is 0. The molecule has 12 heteroatoms. The van der Waals surface area contributed by atoms with E-state index >= 15 is 0 Å². The van der Waals surface area contributed by atoms with Crippen molar-refractivity contribution in [2.24, 2.45) is 0 Å². The van der Waals surface area contributed by atoms with Crippen molar-refractivity contribution in [3.8, 4) is 17.3 Å². The Labute approximate surface area is 156 Å². The molecule has 142 valence electrons. The topological polar surface area (TPSA) is 67.9 Å². The van der Waals surface area contributed by atoms with Gasteiger partial charge in [-0.25, -0.2) is 4.98 Å². The lowest BCUT2D eigenvalue weighted by Gasteiger charge is -2.19. The number of hydrogen-bond donors (Lipinski definition) is 1. The Morgan fingerprint density at radius 3 is 2.50 bits per heavy atom. The van der Waals surface area contributed by atoms with Crippen LogP contribution in [0.1, 0.15) is 6.92 Å². The van der Waals surface area contributed by atoms with Gasteiger partial charge in [0.2, 0.25) is 5.75 Å². The smallest absolute Gasteiger partial charge is 0.456 e. The molecule has 2 heterocycles. The second-order valence-corrected chi connectivity index (χ2v) is 7.07. The summed E-state index contributed by atoms with van der Waals surface area (Å²) in [5.41, 5.74) is -0.658. The second-order valence-electron chi connectivity index (χ2n) is 4.85. The highest BCUT2D eigenvalue weighted by molar-refractivity contribution is 9.10. The number of halogens is 6. The van der Waals surface area contributed by atoms with Crippen LogP contribution < -0.4 is 10.3 Å². The predicted octanol–water partition coefficient (Wildman–Crippen LogP) is 4.28. The molecule has 0 aliphatic heterocycles. The summed E-state index contributed by atoms with van der Waals surface area (Å²) < 4.78 is 67.1. The first-order chi connectivity index (χ1) is 12.0. The zero-order valence-corrected chi connectivity index (χ0v) is 15.4. The number of nitrogens with one attached hydrogen (secondary N) is 1. The third kappa shape index (κ3) is 4.72. The highest BCUT2D eigenvalue weighted by Gasteiger charge is 2.58. The van der Waals surface area contributed by atoms with Crippen LogP contribution in [0, 0.1) is 0 Å². The fourth-order valence-electron chi connectivity index (χ4n) is 1.72. The number of ether oxygens (including phenoxy) is 1. The van der Waals surface area contributed by atoms with E-state index in [0.717, 1.165) is 6.20 Å². The van der Waals surface area contributed by atoms with Gasteiger partial charge in [-0.3, -0.25) is 9.78 Å². The molecule has 0 unspecified atom stereocenters. The maximum atomic E-state index is 12.9. The van der Waals surface area contributed by atoms with Gasteiger partial charge in [0.25, 0.3) is 5.56 Å². The third-order valence-corrected chi connectivity index (χ3v) is 4.28. The number of pyridine rings is 1. The number of alkyl halides is 5. The lowest BCUT2D eigenvalue weighted by atomic mass is 10.3. The lowest BCUT2D eigenvalue weighted by Crippen LogP contribution is -2.42. The molecular formula is C14H11BrF5N3O2S. The van der Waals surface area contributed by atoms with Crippen molar-refractivity contribution in [3.05, 3.63) is 33.3 Å². The molecule has 0 amide bonds. The molecule has 0 atom stereocenters. The van der Waals surface area contributed by atoms with Crippen LogP contribution in [0.25, 0.3) is 11.5 Å². The summed E-state index contributed by atoms with van der Waals surface area (Å²) in [5.74, 6) is -5.09. The normalized spacial score (nSPS) is 12.3. The summed E-state index contributed by atoms with van der Waals surface area (Å²) in [6.45, 7) is -0.114. The molecule has 0 fully saturated rings. The van der Waals surface area contributed by atoms with Crippen molar-refractivity contribution in [3.63, 3.8) is 0 Å². The van der Waals surface area contributed by atoms with Crippen LogP contribution in [0.2, 0.25) is 0 Å². The number of nitrogens with zero attached hydrogens (tertiary/aromatic N) is 2. The Hall–Kier alpha value is -1.69. The standard InChI is InChI=1S/C14H11BrF5N3O2S/c1-2-26-9-3-7(15)4-21-10(9)11-22-5-8(12(24)23-11)25-6-13(16,17)14(18,19)20/h3-5H,2,6H2,1H3,(H,22,23,24). The summed E-state index contributed by atoms with van der Waals surface area (Å²) in [6.07, 6.45) is -3.52. The Kier molecular flexibility index (Phi) is 6.27. The van der Waals surface area contributed by atoms with Gasteiger partial charge in [0.1, 0.15) is 5.69 Å². The van der Waals surface area contributed by atoms with Crippen molar-refractivity contribution in [2.45, 2.75) is 23.9 Å². The first kappa shape index (κ1) is 20.6. The van der Waals surface area contributed by atoms with Crippen LogP contribution in [0.15, 0.2) is 32.6 Å². The second kappa shape index (κ2) is 7.91. The van der Waals surface area contributed by atoms with Crippen LogP contribution in [-0.2, 0) is 0 Å². The minimum Gasteiger partial charge on any atom is -0.480 e. The first-order valence-corrected chi connectivity index (χ1v) is 8.78. The van der Waals surface area contributed by atoms with Crippen LogP contribution >= 0.6 is 27.7 Å². The van der Waals surface area contributed by atoms with Crippen LogP contribution in [0.3, 0.4) is 0 Å². The predicted molar refractivity (Wildman–Crippen MR) is 88.7 cm³/mol. The average Bonchev–Trinajstić information content (AvgIpc) is 2.53. The molecule has 1 N–H and O–H groups in total. The average molecular weight is 460 g/mol. The fourth-order valence-corrected chi connectivity index (χ4v) is 3.01. The number of rotatable bonds is 6. The van der Waals surface area contributed by atoms with Gasteiger partial charge in [-0.15, -0.1) is 11.8 Å². The zero-order valence-electron chi connectivity index (χ0n) is 13.0. The molecule has 0 radical (unpaired) electrons. The Balaban J connectivity index is 2.27. The minimum absolute atomic E-state index is 0.0355. The molecule has 0 aliphatic carbocycles. The monoisotopic (exact) mass is 459 g/mol. The van der Waals surface area contributed by atoms with Crippen molar-refractivity contribution in [2.75, 3.05) is 12.4 Å². The van der Waals surface area contributed by atoms with Gasteiger partial charge in [0.15, 0.2) is 12.4 Å². The summed E-state index contributed by atoms with van der Waals surface area (Å²) >= 11 is 4.70. The number of hydrogen-bond acceptors (Lipinski definition) is 5. The molecule has 0 saturated carbocycles. The molecule has 5 nitrogen and oxygen atoms in total. The summed E-state index contributed by atoms with van der Waals surface area (Å²) in [6, 6.07) is 1.75. The van der Waals surface area contributed by atoms with Gasteiger partial charge in [-0.05, 0) is 27.7 Å². The number of aromatic nitrogens is 3. The molecule has 0 bridgehead atoms. The highest BCUT2D eigenvalue weighted by atomic mass is 79.9. The zero-order chi connectivity index (χ0) is 19.5. The first-order valence-electron chi connectivity index (χ1n) is 7.00. The quantitative estimate of drug-likeness (QED) is 0.515. The van der Waals surface area contributed by atoms with Crippen molar-refractivity contribution < 1.29 is 26.7 Å². The van der Waals surface area contributed by atoms with Crippen molar-refractivity contribution >= 4 is 27.7 Å². The van der Waals surface area contributed by atoms with Crippen molar-refractivity contribution in [1.82, 2.24) is 15.0 Å².